The first-order valence-corrected chi connectivity index (χ1v) is 11.0. The molecule has 2 fully saturated rings. The molecule has 0 saturated heterocycles. The van der Waals surface area contributed by atoms with Gasteiger partial charge in [0.1, 0.15) is 0 Å². The molecule has 1 heterocycles. The molecule has 0 aliphatic heterocycles. The van der Waals surface area contributed by atoms with E-state index in [0.29, 0.717) is 23.0 Å². The molecular formula is C17H20N2O3S2. The van der Waals surface area contributed by atoms with E-state index in [0.717, 1.165) is 16.5 Å². The fraction of sp³-hybridized carbons (Fsp3) is 0.529. The first-order valence-electron chi connectivity index (χ1n) is 8.29. The zero-order valence-electron chi connectivity index (χ0n) is 13.5. The van der Waals surface area contributed by atoms with Gasteiger partial charge in [0.25, 0.3) is 0 Å². The van der Waals surface area contributed by atoms with E-state index in [-0.39, 0.29) is 10.8 Å². The van der Waals surface area contributed by atoms with E-state index in [4.69, 9.17) is 0 Å². The number of anilines is 1. The van der Waals surface area contributed by atoms with Gasteiger partial charge in [-0.3, -0.25) is 4.79 Å². The lowest BCUT2D eigenvalue weighted by Gasteiger charge is -2.20. The van der Waals surface area contributed by atoms with Gasteiger partial charge < -0.3 is 5.32 Å². The van der Waals surface area contributed by atoms with Crippen LogP contribution in [0.3, 0.4) is 0 Å². The predicted octanol–water partition coefficient (Wildman–Crippen LogP) is 3.46. The molecule has 24 heavy (non-hydrogen) atoms. The summed E-state index contributed by atoms with van der Waals surface area (Å²) < 4.78 is 24.0. The van der Waals surface area contributed by atoms with Gasteiger partial charge in [-0.25, -0.2) is 13.4 Å². The average Bonchev–Trinajstić information content (AvgIpc) is 3.18. The Bertz CT molecular complexity index is 904. The smallest absolute Gasteiger partial charge is 0.226 e. The maximum atomic E-state index is 12.3. The number of thiazole rings is 1. The predicted molar refractivity (Wildman–Crippen MR) is 94.9 cm³/mol. The molecule has 1 amide bonds. The Labute approximate surface area is 145 Å². The third kappa shape index (κ3) is 3.07. The highest BCUT2D eigenvalue weighted by Gasteiger charge is 2.40. The quantitative estimate of drug-likeness (QED) is 0.901. The molecular weight excluding hydrogens is 344 g/mol. The van der Waals surface area contributed by atoms with E-state index in [1.54, 1.807) is 18.2 Å². The molecule has 1 aromatic heterocycles. The lowest BCUT2D eigenvalue weighted by molar-refractivity contribution is -0.117. The van der Waals surface area contributed by atoms with Gasteiger partial charge in [-0.2, -0.15) is 0 Å². The van der Waals surface area contributed by atoms with Crippen LogP contribution in [-0.4, -0.2) is 25.6 Å². The average molecular weight is 364 g/mol. The van der Waals surface area contributed by atoms with Crippen molar-refractivity contribution in [3.8, 4) is 0 Å². The number of carbonyl (C=O) groups excluding carboxylic acids is 1. The van der Waals surface area contributed by atoms with Crippen LogP contribution in [0.2, 0.25) is 0 Å². The Balaban J connectivity index is 1.47. The molecule has 128 valence electrons. The second-order valence-electron chi connectivity index (χ2n) is 7.11. The molecule has 1 N–H and O–H groups in total. The normalized spacial score (nSPS) is 26.1. The zero-order chi connectivity index (χ0) is 16.9. The highest BCUT2D eigenvalue weighted by Crippen LogP contribution is 2.49. The van der Waals surface area contributed by atoms with Gasteiger partial charge in [-0.1, -0.05) is 17.8 Å². The molecule has 1 aromatic carbocycles. The van der Waals surface area contributed by atoms with Crippen LogP contribution in [0.25, 0.3) is 10.2 Å². The zero-order valence-corrected chi connectivity index (χ0v) is 15.1. The summed E-state index contributed by atoms with van der Waals surface area (Å²) in [4.78, 5) is 17.0. The molecule has 0 spiro atoms. The molecule has 2 aliphatic rings. The summed E-state index contributed by atoms with van der Waals surface area (Å²) in [7, 11) is -3.24. The lowest BCUT2D eigenvalue weighted by atomic mass is 9.86. The monoisotopic (exact) mass is 364 g/mol. The number of fused-ring (bicyclic) bond motifs is 3. The number of sulfone groups is 1. The number of nitrogens with zero attached hydrogens (tertiary/aromatic N) is 1. The molecule has 2 aliphatic carbocycles. The fourth-order valence-corrected chi connectivity index (χ4v) is 5.87. The summed E-state index contributed by atoms with van der Waals surface area (Å²) in [6.45, 7) is 0. The van der Waals surface area contributed by atoms with E-state index in [9.17, 15) is 13.2 Å². The highest BCUT2D eigenvalue weighted by molar-refractivity contribution is 7.90. The Kier molecular flexibility index (Phi) is 3.88. The number of carbonyl (C=O) groups is 1. The maximum Gasteiger partial charge on any atom is 0.226 e. The Hall–Kier alpha value is -1.47. The van der Waals surface area contributed by atoms with E-state index in [1.165, 1.54) is 43.3 Å². The summed E-state index contributed by atoms with van der Waals surface area (Å²) in [5, 5.41) is 3.44. The third-order valence-corrected chi connectivity index (χ3v) is 7.41. The van der Waals surface area contributed by atoms with E-state index < -0.39 is 9.84 Å². The Morgan fingerprint density at radius 2 is 2.17 bits per heavy atom. The number of benzene rings is 1. The van der Waals surface area contributed by atoms with Crippen molar-refractivity contribution in [1.29, 1.82) is 0 Å². The first kappa shape index (κ1) is 16.0. The summed E-state index contributed by atoms with van der Waals surface area (Å²) in [5.41, 5.74) is 0.711. The van der Waals surface area contributed by atoms with Gasteiger partial charge in [0.05, 0.1) is 15.1 Å². The van der Waals surface area contributed by atoms with E-state index in [1.807, 2.05) is 0 Å². The van der Waals surface area contributed by atoms with Crippen LogP contribution in [0, 0.1) is 17.8 Å². The second-order valence-corrected chi connectivity index (χ2v) is 10.2. The van der Waals surface area contributed by atoms with Crippen LogP contribution in [-0.2, 0) is 14.6 Å². The van der Waals surface area contributed by atoms with E-state index in [2.05, 4.69) is 10.3 Å². The number of hydrogen-bond donors (Lipinski definition) is 1. The summed E-state index contributed by atoms with van der Waals surface area (Å²) in [6.07, 6.45) is 6.86. The summed E-state index contributed by atoms with van der Waals surface area (Å²) in [6, 6.07) is 4.86. The lowest BCUT2D eigenvalue weighted by Crippen LogP contribution is -2.20. The molecule has 2 saturated carbocycles. The maximum absolute atomic E-state index is 12.3. The van der Waals surface area contributed by atoms with Crippen LogP contribution < -0.4 is 5.32 Å². The molecule has 3 unspecified atom stereocenters. The van der Waals surface area contributed by atoms with Crippen LogP contribution >= 0.6 is 11.3 Å². The Morgan fingerprint density at radius 1 is 1.33 bits per heavy atom. The van der Waals surface area contributed by atoms with Crippen molar-refractivity contribution in [1.82, 2.24) is 4.98 Å². The SMILES string of the molecule is CS(=O)(=O)c1ccc2nc(NC(=O)CC3CC4CCC3C4)sc2c1. The second kappa shape index (κ2) is 5.81. The van der Waals surface area contributed by atoms with Crippen molar-refractivity contribution < 1.29 is 13.2 Å². The van der Waals surface area contributed by atoms with Crippen LogP contribution in [0.15, 0.2) is 23.1 Å². The Morgan fingerprint density at radius 3 is 2.83 bits per heavy atom. The van der Waals surface area contributed by atoms with Crippen molar-refractivity contribution >= 4 is 42.4 Å². The number of hydrogen-bond acceptors (Lipinski definition) is 5. The largest absolute Gasteiger partial charge is 0.302 e. The summed E-state index contributed by atoms with van der Waals surface area (Å²) >= 11 is 1.32. The minimum Gasteiger partial charge on any atom is -0.302 e. The standard InChI is InChI=1S/C17H20N2O3S2/c1-24(21,22)13-4-5-14-15(9-13)23-17(18-14)19-16(20)8-12-7-10-2-3-11(12)6-10/h4-5,9-12H,2-3,6-8H2,1H3,(H,18,19,20). The van der Waals surface area contributed by atoms with Gasteiger partial charge in [0, 0.05) is 12.7 Å². The topological polar surface area (TPSA) is 76.1 Å². The molecule has 7 heteroatoms. The van der Waals surface area contributed by atoms with Crippen molar-refractivity contribution in [3.63, 3.8) is 0 Å². The van der Waals surface area contributed by atoms with Gasteiger partial charge >= 0.3 is 0 Å². The number of nitrogens with one attached hydrogen (secondary N) is 1. The molecule has 4 rings (SSSR count). The molecule has 3 atom stereocenters. The van der Waals surface area contributed by atoms with Gasteiger partial charge in [0.15, 0.2) is 15.0 Å². The summed E-state index contributed by atoms with van der Waals surface area (Å²) in [5.74, 6) is 2.11. The third-order valence-electron chi connectivity index (χ3n) is 5.37. The minimum absolute atomic E-state index is 0.0231. The molecule has 2 bridgehead atoms. The minimum atomic E-state index is -3.24. The van der Waals surface area contributed by atoms with Gasteiger partial charge in [0.2, 0.25) is 5.91 Å². The molecule has 2 aromatic rings. The van der Waals surface area contributed by atoms with Gasteiger partial charge in [-0.15, -0.1) is 0 Å². The van der Waals surface area contributed by atoms with Crippen LogP contribution in [0.1, 0.15) is 32.1 Å². The van der Waals surface area contributed by atoms with Gasteiger partial charge in [-0.05, 0) is 55.2 Å². The van der Waals surface area contributed by atoms with Crippen molar-refractivity contribution in [2.75, 3.05) is 11.6 Å². The first-order chi connectivity index (χ1) is 11.4. The van der Waals surface area contributed by atoms with Crippen molar-refractivity contribution in [2.45, 2.75) is 37.0 Å². The number of rotatable bonds is 4. The van der Waals surface area contributed by atoms with Crippen molar-refractivity contribution in [2.24, 2.45) is 17.8 Å². The molecule has 0 radical (unpaired) electrons. The number of aromatic nitrogens is 1. The van der Waals surface area contributed by atoms with Crippen molar-refractivity contribution in [3.05, 3.63) is 18.2 Å². The highest BCUT2D eigenvalue weighted by atomic mass is 32.2. The fourth-order valence-electron chi connectivity index (χ4n) is 4.22. The van der Waals surface area contributed by atoms with E-state index >= 15 is 0 Å². The van der Waals surface area contributed by atoms with Crippen LogP contribution in [0.5, 0.6) is 0 Å². The molecule has 5 nitrogen and oxygen atoms in total. The van der Waals surface area contributed by atoms with Crippen LogP contribution in [0.4, 0.5) is 5.13 Å². The number of amides is 1.